The van der Waals surface area contributed by atoms with E-state index in [1.165, 1.54) is 29.7 Å². The average molecular weight is 406 g/mol. The monoisotopic (exact) mass is 406 g/mol. The van der Waals surface area contributed by atoms with Gasteiger partial charge in [-0.05, 0) is 40.6 Å². The van der Waals surface area contributed by atoms with Gasteiger partial charge in [0.05, 0.1) is 0 Å². The molecule has 2 aromatic carbocycles. The third-order valence-corrected chi connectivity index (χ3v) is 6.78. The van der Waals surface area contributed by atoms with E-state index >= 15 is 0 Å². The fourth-order valence-corrected chi connectivity index (χ4v) is 4.75. The molecule has 26 heavy (non-hydrogen) atoms. The number of ketones is 1. The molecule has 0 saturated carbocycles. The highest BCUT2D eigenvalue weighted by Crippen LogP contribution is 2.20. The molecule has 0 aromatic heterocycles. The molecule has 3 rings (SSSR count). The summed E-state index contributed by atoms with van der Waals surface area (Å²) in [4.78, 5) is 12.3. The zero-order valence-corrected chi connectivity index (χ0v) is 15.3. The Kier molecular flexibility index (Phi) is 6.70. The van der Waals surface area contributed by atoms with Gasteiger partial charge in [-0.2, -0.15) is 13.2 Å². The summed E-state index contributed by atoms with van der Waals surface area (Å²) in [6.07, 6.45) is 2.63. The number of Topliss-reactive ketones (excluding diaryl/α,β-unsaturated/α-hetero) is 1. The molecule has 0 N–H and O–H groups in total. The predicted octanol–water partition coefficient (Wildman–Crippen LogP) is 3.49. The number of carbonyl (C=O) groups is 1. The summed E-state index contributed by atoms with van der Waals surface area (Å²) in [5.74, 6) is 3.61. The van der Waals surface area contributed by atoms with E-state index < -0.39 is 15.6 Å². The standard InChI is InChI=1S/C16H17OS.CHF3O3S/c17-16(12-18-9-3-4-10-18)15-8-7-13-5-1-2-6-14(13)11-15;2-1(3,4)8(5,6)7/h1-2,5-8,11H,3-4,9-10,12H2;(H,5,6,7)/q+1;/p-1. The van der Waals surface area contributed by atoms with Gasteiger partial charge in [0.15, 0.2) is 15.9 Å². The lowest BCUT2D eigenvalue weighted by atomic mass is 10.1. The lowest BCUT2D eigenvalue weighted by molar-refractivity contribution is -0.0517. The zero-order valence-electron chi connectivity index (χ0n) is 13.7. The highest BCUT2D eigenvalue weighted by atomic mass is 32.2. The first kappa shape index (κ1) is 20.7. The van der Waals surface area contributed by atoms with Crippen molar-refractivity contribution in [3.8, 4) is 0 Å². The molecule has 4 nitrogen and oxygen atoms in total. The summed E-state index contributed by atoms with van der Waals surface area (Å²) >= 11 is 0. The fourth-order valence-electron chi connectivity index (χ4n) is 2.49. The summed E-state index contributed by atoms with van der Waals surface area (Å²) in [5.41, 5.74) is -4.76. The van der Waals surface area contributed by atoms with E-state index in [0.717, 1.165) is 16.7 Å². The molecule has 0 amide bonds. The van der Waals surface area contributed by atoms with E-state index in [2.05, 4.69) is 18.2 Å². The molecule has 0 spiro atoms. The van der Waals surface area contributed by atoms with Crippen LogP contribution in [0.4, 0.5) is 13.2 Å². The van der Waals surface area contributed by atoms with Crippen molar-refractivity contribution in [3.63, 3.8) is 0 Å². The molecule has 2 aromatic rings. The second kappa shape index (κ2) is 8.41. The van der Waals surface area contributed by atoms with Crippen LogP contribution in [0.15, 0.2) is 42.5 Å². The van der Waals surface area contributed by atoms with Crippen LogP contribution >= 0.6 is 0 Å². The Morgan fingerprint density at radius 1 is 1.04 bits per heavy atom. The molecule has 1 aliphatic heterocycles. The minimum absolute atomic E-state index is 0.325. The zero-order chi connectivity index (χ0) is 19.4. The van der Waals surface area contributed by atoms with Crippen molar-refractivity contribution in [1.29, 1.82) is 0 Å². The number of hydrogen-bond donors (Lipinski definition) is 0. The van der Waals surface area contributed by atoms with Gasteiger partial charge in [-0.3, -0.25) is 4.79 Å². The topological polar surface area (TPSA) is 74.3 Å². The van der Waals surface area contributed by atoms with E-state index in [1.54, 1.807) is 0 Å². The van der Waals surface area contributed by atoms with Crippen LogP contribution in [0.25, 0.3) is 10.8 Å². The van der Waals surface area contributed by atoms with Crippen LogP contribution in [-0.2, 0) is 21.0 Å². The molecule has 1 fully saturated rings. The predicted molar refractivity (Wildman–Crippen MR) is 95.2 cm³/mol. The Balaban J connectivity index is 0.000000260. The summed E-state index contributed by atoms with van der Waals surface area (Å²) < 4.78 is 58.9. The van der Waals surface area contributed by atoms with Crippen molar-refractivity contribution in [2.24, 2.45) is 0 Å². The average Bonchev–Trinajstić information content (AvgIpc) is 3.06. The highest BCUT2D eigenvalue weighted by molar-refractivity contribution is 7.97. The molecular weight excluding hydrogens is 389 g/mol. The number of fused-ring (bicyclic) bond motifs is 1. The van der Waals surface area contributed by atoms with E-state index in [9.17, 15) is 18.0 Å². The second-order valence-corrected chi connectivity index (χ2v) is 9.46. The number of alkyl halides is 3. The van der Waals surface area contributed by atoms with Crippen molar-refractivity contribution in [1.82, 2.24) is 0 Å². The number of rotatable bonds is 3. The Labute approximate surface area is 152 Å². The molecular formula is C17H17F3O4S2. The molecule has 0 aliphatic carbocycles. The van der Waals surface area contributed by atoms with Crippen LogP contribution in [0.2, 0.25) is 0 Å². The summed E-state index contributed by atoms with van der Waals surface area (Å²) in [5, 5.41) is 2.37. The van der Waals surface area contributed by atoms with E-state index in [-0.39, 0.29) is 0 Å². The molecule has 1 saturated heterocycles. The van der Waals surface area contributed by atoms with Gasteiger partial charge in [0.25, 0.3) is 0 Å². The highest BCUT2D eigenvalue weighted by Gasteiger charge is 2.36. The van der Waals surface area contributed by atoms with Gasteiger partial charge >= 0.3 is 5.51 Å². The van der Waals surface area contributed by atoms with Crippen LogP contribution in [0.1, 0.15) is 23.2 Å². The molecule has 0 radical (unpaired) electrons. The number of halogens is 3. The Hall–Kier alpha value is -1.58. The molecule has 0 bridgehead atoms. The third-order valence-electron chi connectivity index (χ3n) is 3.81. The molecule has 1 aliphatic rings. The van der Waals surface area contributed by atoms with Crippen LogP contribution in [0.5, 0.6) is 0 Å². The maximum Gasteiger partial charge on any atom is 0.485 e. The van der Waals surface area contributed by atoms with Gasteiger partial charge in [0, 0.05) is 5.56 Å². The number of carbonyl (C=O) groups excluding carboxylic acids is 1. The Morgan fingerprint density at radius 3 is 2.12 bits per heavy atom. The van der Waals surface area contributed by atoms with E-state index in [4.69, 9.17) is 13.0 Å². The van der Waals surface area contributed by atoms with Gasteiger partial charge in [0.2, 0.25) is 5.78 Å². The smallest absolute Gasteiger partial charge is 0.485 e. The quantitative estimate of drug-likeness (QED) is 0.339. The Morgan fingerprint density at radius 2 is 1.58 bits per heavy atom. The normalized spacial score (nSPS) is 15.5. The van der Waals surface area contributed by atoms with E-state index in [0.29, 0.717) is 16.7 Å². The first-order chi connectivity index (χ1) is 12.1. The summed E-state index contributed by atoms with van der Waals surface area (Å²) in [6, 6.07) is 14.3. The van der Waals surface area contributed by atoms with Gasteiger partial charge in [-0.15, -0.1) is 0 Å². The maximum atomic E-state index is 12.3. The fraction of sp³-hybridized carbons (Fsp3) is 0.353. The van der Waals surface area contributed by atoms with Crippen LogP contribution < -0.4 is 0 Å². The van der Waals surface area contributed by atoms with Crippen LogP contribution in [0, 0.1) is 0 Å². The second-order valence-electron chi connectivity index (χ2n) is 5.76. The lowest BCUT2D eigenvalue weighted by Gasteiger charge is -2.08. The van der Waals surface area contributed by atoms with Gasteiger partial charge < -0.3 is 4.55 Å². The van der Waals surface area contributed by atoms with Crippen LogP contribution in [0.3, 0.4) is 0 Å². The summed E-state index contributed by atoms with van der Waals surface area (Å²) in [6.45, 7) is 0. The van der Waals surface area contributed by atoms with Crippen LogP contribution in [-0.4, -0.2) is 41.5 Å². The lowest BCUT2D eigenvalue weighted by Crippen LogP contribution is -2.21. The maximum absolute atomic E-state index is 12.3. The SMILES string of the molecule is O=C(C[S+]1CCCC1)c1ccc2ccccc2c1.O=S(=O)([O-])C(F)(F)F. The molecule has 1 heterocycles. The molecule has 0 atom stereocenters. The van der Waals surface area contributed by atoms with E-state index in [1.807, 2.05) is 24.3 Å². The molecule has 0 unspecified atom stereocenters. The third kappa shape index (κ3) is 5.72. The first-order valence-corrected chi connectivity index (χ1v) is 10.9. The summed E-state index contributed by atoms with van der Waals surface area (Å²) in [7, 11) is -5.73. The van der Waals surface area contributed by atoms with Crippen molar-refractivity contribution >= 4 is 37.6 Å². The van der Waals surface area contributed by atoms with Gasteiger partial charge in [-0.1, -0.05) is 36.4 Å². The van der Waals surface area contributed by atoms with Gasteiger partial charge in [-0.25, -0.2) is 8.42 Å². The number of hydrogen-bond acceptors (Lipinski definition) is 4. The molecule has 9 heteroatoms. The van der Waals surface area contributed by atoms with Gasteiger partial charge in [0.1, 0.15) is 11.5 Å². The van der Waals surface area contributed by atoms with Crippen molar-refractivity contribution in [2.75, 3.05) is 17.3 Å². The van der Waals surface area contributed by atoms with Crippen molar-refractivity contribution in [2.45, 2.75) is 18.3 Å². The largest absolute Gasteiger partial charge is 0.741 e. The minimum Gasteiger partial charge on any atom is -0.741 e. The number of benzene rings is 2. The molecule has 142 valence electrons. The van der Waals surface area contributed by atoms with Crippen molar-refractivity contribution in [3.05, 3.63) is 48.0 Å². The van der Waals surface area contributed by atoms with Crippen molar-refractivity contribution < 1.29 is 30.9 Å². The first-order valence-electron chi connectivity index (χ1n) is 7.76. The Bertz CT molecular complexity index is 873. The minimum atomic E-state index is -6.09.